The van der Waals surface area contributed by atoms with Gasteiger partial charge < -0.3 is 4.74 Å². The highest BCUT2D eigenvalue weighted by Crippen LogP contribution is 2.17. The molecule has 82 valence electrons. The van der Waals surface area contributed by atoms with E-state index in [4.69, 9.17) is 5.26 Å². The van der Waals surface area contributed by atoms with Gasteiger partial charge in [-0.2, -0.15) is 5.26 Å². The molecule has 0 aliphatic carbocycles. The predicted molar refractivity (Wildman–Crippen MR) is 56.6 cm³/mol. The summed E-state index contributed by atoms with van der Waals surface area (Å²) in [6, 6.07) is 7.76. The van der Waals surface area contributed by atoms with E-state index in [1.807, 2.05) is 6.07 Å². The summed E-state index contributed by atoms with van der Waals surface area (Å²) in [6.07, 6.45) is 1.30. The molecule has 1 aromatic rings. The first-order valence-corrected chi connectivity index (χ1v) is 4.61. The van der Waals surface area contributed by atoms with Crippen molar-refractivity contribution < 1.29 is 13.9 Å². The van der Waals surface area contributed by atoms with Gasteiger partial charge in [-0.3, -0.25) is 4.79 Å². The van der Waals surface area contributed by atoms with Crippen molar-refractivity contribution in [1.29, 1.82) is 5.26 Å². The Morgan fingerprint density at radius 2 is 2.25 bits per heavy atom. The summed E-state index contributed by atoms with van der Waals surface area (Å²) >= 11 is 0. The molecule has 1 aromatic carbocycles. The smallest absolute Gasteiger partial charge is 0.309 e. The molecule has 0 aliphatic rings. The molecule has 0 bridgehead atoms. The molecule has 0 radical (unpaired) electrons. The number of halogens is 1. The van der Waals surface area contributed by atoms with Gasteiger partial charge in [-0.15, -0.1) is 0 Å². The maximum absolute atomic E-state index is 13.3. The first-order valence-electron chi connectivity index (χ1n) is 4.61. The molecule has 0 aromatic heterocycles. The van der Waals surface area contributed by atoms with Gasteiger partial charge in [-0.1, -0.05) is 24.3 Å². The van der Waals surface area contributed by atoms with E-state index < -0.39 is 11.8 Å². The Bertz CT molecular complexity index is 460. The number of carbonyl (C=O) groups excluding carboxylic acids is 1. The van der Waals surface area contributed by atoms with Crippen LogP contribution in [0, 0.1) is 17.1 Å². The quantitative estimate of drug-likeness (QED) is 0.579. The van der Waals surface area contributed by atoms with Gasteiger partial charge in [0.25, 0.3) is 0 Å². The van der Waals surface area contributed by atoms with E-state index in [1.54, 1.807) is 6.07 Å². The highest BCUT2D eigenvalue weighted by atomic mass is 19.1. The van der Waals surface area contributed by atoms with Gasteiger partial charge in [0.15, 0.2) is 0 Å². The zero-order valence-corrected chi connectivity index (χ0v) is 8.74. The van der Waals surface area contributed by atoms with Crippen molar-refractivity contribution in [2.75, 3.05) is 7.11 Å². The minimum Gasteiger partial charge on any atom is -0.469 e. The molecule has 0 amide bonds. The van der Waals surface area contributed by atoms with Crippen molar-refractivity contribution in [1.82, 2.24) is 0 Å². The summed E-state index contributed by atoms with van der Waals surface area (Å²) in [7, 11) is 1.26. The summed E-state index contributed by atoms with van der Waals surface area (Å²) in [5.41, 5.74) is 0.317. The SMILES string of the molecule is COC(=O)C/C=C(\C#N)c1ccccc1F. The van der Waals surface area contributed by atoms with Crippen LogP contribution in [0.25, 0.3) is 5.57 Å². The second-order valence-electron chi connectivity index (χ2n) is 2.99. The molecule has 0 fully saturated rings. The fourth-order valence-electron chi connectivity index (χ4n) is 1.16. The van der Waals surface area contributed by atoms with Crippen LogP contribution in [0.15, 0.2) is 30.3 Å². The van der Waals surface area contributed by atoms with Crippen LogP contribution in [0.2, 0.25) is 0 Å². The fraction of sp³-hybridized carbons (Fsp3) is 0.167. The van der Waals surface area contributed by atoms with E-state index in [9.17, 15) is 9.18 Å². The van der Waals surface area contributed by atoms with Gasteiger partial charge in [0.1, 0.15) is 5.82 Å². The number of esters is 1. The maximum Gasteiger partial charge on any atom is 0.309 e. The topological polar surface area (TPSA) is 50.1 Å². The molecule has 3 nitrogen and oxygen atoms in total. The molecule has 4 heteroatoms. The van der Waals surface area contributed by atoms with Crippen LogP contribution in [0.1, 0.15) is 12.0 Å². The average Bonchev–Trinajstić information content (AvgIpc) is 2.31. The lowest BCUT2D eigenvalue weighted by atomic mass is 10.1. The van der Waals surface area contributed by atoms with E-state index in [1.165, 1.54) is 31.4 Å². The summed E-state index contributed by atoms with van der Waals surface area (Å²) in [5, 5.41) is 8.85. The highest BCUT2D eigenvalue weighted by Gasteiger charge is 2.07. The monoisotopic (exact) mass is 219 g/mol. The van der Waals surface area contributed by atoms with Gasteiger partial charge in [0, 0.05) is 5.56 Å². The molecule has 0 unspecified atom stereocenters. The predicted octanol–water partition coefficient (Wildman–Crippen LogP) is 2.30. The largest absolute Gasteiger partial charge is 0.469 e. The summed E-state index contributed by atoms with van der Waals surface area (Å²) in [4.78, 5) is 10.9. The van der Waals surface area contributed by atoms with Gasteiger partial charge >= 0.3 is 5.97 Å². The number of nitriles is 1. The molecule has 0 saturated carbocycles. The third-order valence-electron chi connectivity index (χ3n) is 1.99. The number of benzene rings is 1. The molecular weight excluding hydrogens is 209 g/mol. The van der Waals surface area contributed by atoms with Crippen LogP contribution in [0.4, 0.5) is 4.39 Å². The van der Waals surface area contributed by atoms with Crippen molar-refractivity contribution in [3.05, 3.63) is 41.7 Å². The molecule has 0 spiro atoms. The van der Waals surface area contributed by atoms with Crippen LogP contribution < -0.4 is 0 Å². The molecule has 0 atom stereocenters. The number of hydrogen-bond donors (Lipinski definition) is 0. The van der Waals surface area contributed by atoms with Crippen molar-refractivity contribution in [3.63, 3.8) is 0 Å². The van der Waals surface area contributed by atoms with Crippen LogP contribution >= 0.6 is 0 Å². The molecular formula is C12H10FNO2. The Morgan fingerprint density at radius 3 is 2.81 bits per heavy atom. The lowest BCUT2D eigenvalue weighted by Crippen LogP contribution is -1.98. The van der Waals surface area contributed by atoms with Gasteiger partial charge in [-0.05, 0) is 6.07 Å². The maximum atomic E-state index is 13.3. The Hall–Kier alpha value is -2.15. The van der Waals surface area contributed by atoms with E-state index in [-0.39, 0.29) is 17.6 Å². The molecule has 16 heavy (non-hydrogen) atoms. The lowest BCUT2D eigenvalue weighted by molar-refractivity contribution is -0.139. The second-order valence-corrected chi connectivity index (χ2v) is 2.99. The summed E-state index contributed by atoms with van der Waals surface area (Å²) in [5.74, 6) is -0.954. The lowest BCUT2D eigenvalue weighted by Gasteiger charge is -2.00. The van der Waals surface area contributed by atoms with Crippen LogP contribution in [-0.4, -0.2) is 13.1 Å². The van der Waals surface area contributed by atoms with Crippen molar-refractivity contribution >= 4 is 11.5 Å². The molecule has 1 rings (SSSR count). The fourth-order valence-corrected chi connectivity index (χ4v) is 1.16. The molecule has 0 aliphatic heterocycles. The van der Waals surface area contributed by atoms with Gasteiger partial charge in [-0.25, -0.2) is 4.39 Å². The van der Waals surface area contributed by atoms with Gasteiger partial charge in [0.05, 0.1) is 25.2 Å². The normalized spacial score (nSPS) is 10.7. The van der Waals surface area contributed by atoms with Crippen molar-refractivity contribution in [2.45, 2.75) is 6.42 Å². The Kier molecular flexibility index (Phi) is 4.22. The Labute approximate surface area is 92.8 Å². The van der Waals surface area contributed by atoms with Crippen LogP contribution in [-0.2, 0) is 9.53 Å². The molecule has 0 saturated heterocycles. The third-order valence-corrected chi connectivity index (χ3v) is 1.99. The zero-order chi connectivity index (χ0) is 12.0. The van der Waals surface area contributed by atoms with Gasteiger partial charge in [0.2, 0.25) is 0 Å². The highest BCUT2D eigenvalue weighted by molar-refractivity contribution is 5.81. The molecule has 0 heterocycles. The number of hydrogen-bond acceptors (Lipinski definition) is 3. The summed E-state index contributed by atoms with van der Waals surface area (Å²) in [6.45, 7) is 0. The standard InChI is InChI=1S/C12H10FNO2/c1-16-12(15)7-6-9(8-14)10-4-2-3-5-11(10)13/h2-6H,7H2,1H3/b9-6+. The number of allylic oxidation sites excluding steroid dienone is 1. The van der Waals surface area contributed by atoms with E-state index >= 15 is 0 Å². The second kappa shape index (κ2) is 5.66. The Balaban J connectivity index is 2.96. The minimum absolute atomic E-state index is 0.0479. The summed E-state index contributed by atoms with van der Waals surface area (Å²) < 4.78 is 17.7. The van der Waals surface area contributed by atoms with E-state index in [2.05, 4.69) is 4.74 Å². The number of rotatable bonds is 3. The number of methoxy groups -OCH3 is 1. The number of ether oxygens (including phenoxy) is 1. The first-order chi connectivity index (χ1) is 7.69. The third kappa shape index (κ3) is 2.92. The average molecular weight is 219 g/mol. The number of nitrogens with zero attached hydrogens (tertiary/aromatic N) is 1. The first kappa shape index (κ1) is 11.9. The Morgan fingerprint density at radius 1 is 1.56 bits per heavy atom. The minimum atomic E-state index is -0.486. The number of carbonyl (C=O) groups is 1. The van der Waals surface area contributed by atoms with Crippen LogP contribution in [0.3, 0.4) is 0 Å². The molecule has 0 N–H and O–H groups in total. The van der Waals surface area contributed by atoms with Crippen LogP contribution in [0.5, 0.6) is 0 Å². The zero-order valence-electron chi connectivity index (χ0n) is 8.74. The van der Waals surface area contributed by atoms with E-state index in [0.29, 0.717) is 0 Å². The van der Waals surface area contributed by atoms with Crippen molar-refractivity contribution in [2.24, 2.45) is 0 Å². The van der Waals surface area contributed by atoms with E-state index in [0.717, 1.165) is 0 Å². The van der Waals surface area contributed by atoms with Crippen molar-refractivity contribution in [3.8, 4) is 6.07 Å².